The number of unbranched alkanes of at least 4 members (excludes halogenated alkanes) is 26. The van der Waals surface area contributed by atoms with Gasteiger partial charge >= 0.3 is 19.8 Å². The van der Waals surface area contributed by atoms with E-state index in [1.54, 1.807) is 0 Å². The van der Waals surface area contributed by atoms with Crippen LogP contribution in [0, 0.1) is 0 Å². The van der Waals surface area contributed by atoms with Crippen molar-refractivity contribution >= 4 is 25.7 Å². The molecule has 0 aromatic heterocycles. The number of carbonyl (C=O) groups excluding carboxylic acids is 2. The molecule has 1 amide bonds. The van der Waals surface area contributed by atoms with Crippen LogP contribution in [0.3, 0.4) is 0 Å². The number of aliphatic hydroxyl groups is 1. The molecule has 0 radical (unpaired) electrons. The SMILES string of the molecule is CCCCC/C=C\C/C=C\C/C=C\CCCCCCCCCCCCC(=O)NC(COP(=O)(O)OCC(O)COC(=O)CCCCCCCCC/C=C\CCCCCCCC)C(=O)O. The van der Waals surface area contributed by atoms with Gasteiger partial charge in [-0.05, 0) is 77.0 Å². The highest BCUT2D eigenvalue weighted by Gasteiger charge is 2.28. The Bertz CT molecular complexity index is 1270. The van der Waals surface area contributed by atoms with Gasteiger partial charge in [0.2, 0.25) is 5.91 Å². The third-order valence-electron chi connectivity index (χ3n) is 11.1. The van der Waals surface area contributed by atoms with Gasteiger partial charge in [0.05, 0.1) is 13.2 Å². The standard InChI is InChI=1S/C52H94NO10P/c1-3-5-7-9-11-13-15-17-19-21-22-23-24-25-26-28-29-31-33-35-37-39-41-43-50(55)53-49(52(57)58)47-63-64(59,60)62-46-48(54)45-61-51(56)44-42-40-38-36-34-32-30-27-20-18-16-14-12-10-8-6-4-2/h11,13,17-20,22-23,48-49,54H,3-10,12,14-16,21,24-47H2,1-2H3,(H,53,55)(H,57,58)(H,59,60)/b13-11-,19-17-,20-18-,23-22-. The Balaban J connectivity index is 3.84. The molecule has 3 atom stereocenters. The first-order chi connectivity index (χ1) is 31.1. The highest BCUT2D eigenvalue weighted by atomic mass is 31.2. The average molecular weight is 924 g/mol. The van der Waals surface area contributed by atoms with Crippen molar-refractivity contribution in [2.75, 3.05) is 19.8 Å². The van der Waals surface area contributed by atoms with Crippen molar-refractivity contribution in [3.8, 4) is 0 Å². The largest absolute Gasteiger partial charge is 0.480 e. The van der Waals surface area contributed by atoms with E-state index < -0.39 is 57.6 Å². The van der Waals surface area contributed by atoms with Gasteiger partial charge in [-0.25, -0.2) is 9.36 Å². The van der Waals surface area contributed by atoms with Crippen LogP contribution in [0.5, 0.6) is 0 Å². The van der Waals surface area contributed by atoms with Crippen LogP contribution in [0.1, 0.15) is 232 Å². The summed E-state index contributed by atoms with van der Waals surface area (Å²) in [7, 11) is -4.76. The van der Waals surface area contributed by atoms with Gasteiger partial charge in [-0.15, -0.1) is 0 Å². The molecule has 0 fully saturated rings. The molecule has 0 spiro atoms. The number of carboxylic acids is 1. The summed E-state index contributed by atoms with van der Waals surface area (Å²) >= 11 is 0. The minimum atomic E-state index is -4.76. The highest BCUT2D eigenvalue weighted by molar-refractivity contribution is 7.47. The maximum atomic E-state index is 12.4. The summed E-state index contributed by atoms with van der Waals surface area (Å²) in [6, 6.07) is -1.55. The third-order valence-corrected chi connectivity index (χ3v) is 12.0. The first-order valence-electron chi connectivity index (χ1n) is 25.7. The molecule has 0 aliphatic carbocycles. The van der Waals surface area contributed by atoms with E-state index in [1.807, 2.05) is 0 Å². The van der Waals surface area contributed by atoms with Crippen molar-refractivity contribution in [2.45, 2.75) is 244 Å². The quantitative estimate of drug-likeness (QED) is 0.0199. The molecule has 64 heavy (non-hydrogen) atoms. The van der Waals surface area contributed by atoms with Crippen LogP contribution in [0.2, 0.25) is 0 Å². The zero-order valence-corrected chi connectivity index (χ0v) is 41.5. The molecule has 0 saturated carbocycles. The third kappa shape index (κ3) is 46.0. The number of aliphatic carboxylic acids is 1. The number of phosphoric ester groups is 1. The molecule has 11 nitrogen and oxygen atoms in total. The Morgan fingerprint density at radius 2 is 0.859 bits per heavy atom. The number of ether oxygens (including phenoxy) is 1. The van der Waals surface area contributed by atoms with E-state index in [1.165, 1.54) is 122 Å². The van der Waals surface area contributed by atoms with E-state index in [2.05, 4.69) is 67.8 Å². The molecular formula is C52H94NO10P. The predicted octanol–water partition coefficient (Wildman–Crippen LogP) is 14.1. The van der Waals surface area contributed by atoms with Crippen LogP contribution >= 0.6 is 7.82 Å². The zero-order valence-electron chi connectivity index (χ0n) is 40.6. The molecule has 4 N–H and O–H groups in total. The van der Waals surface area contributed by atoms with Gasteiger partial charge in [0.25, 0.3) is 0 Å². The van der Waals surface area contributed by atoms with Gasteiger partial charge < -0.3 is 25.2 Å². The Morgan fingerprint density at radius 1 is 0.500 bits per heavy atom. The summed E-state index contributed by atoms with van der Waals surface area (Å²) in [5.74, 6) is -2.38. The summed E-state index contributed by atoms with van der Waals surface area (Å²) in [6.45, 7) is 2.58. The molecule has 0 aliphatic heterocycles. The molecule has 0 bridgehead atoms. The van der Waals surface area contributed by atoms with Crippen LogP contribution < -0.4 is 5.32 Å². The second-order valence-corrected chi connectivity index (χ2v) is 18.8. The lowest BCUT2D eigenvalue weighted by Gasteiger charge is -2.18. The summed E-state index contributed by atoms with van der Waals surface area (Å²) in [4.78, 5) is 46.1. The fourth-order valence-electron chi connectivity index (χ4n) is 7.08. The molecular weight excluding hydrogens is 830 g/mol. The van der Waals surface area contributed by atoms with Crippen LogP contribution in [0.25, 0.3) is 0 Å². The minimum Gasteiger partial charge on any atom is -0.480 e. The monoisotopic (exact) mass is 924 g/mol. The number of allylic oxidation sites excluding steroid dienone is 8. The van der Waals surface area contributed by atoms with Crippen LogP contribution in [0.15, 0.2) is 48.6 Å². The van der Waals surface area contributed by atoms with E-state index in [9.17, 15) is 34.1 Å². The summed E-state index contributed by atoms with van der Waals surface area (Å²) in [6.07, 6.45) is 54.1. The number of carbonyl (C=O) groups is 3. The molecule has 0 aromatic carbocycles. The minimum absolute atomic E-state index is 0.140. The van der Waals surface area contributed by atoms with Crippen molar-refractivity contribution in [1.29, 1.82) is 0 Å². The Kier molecular flexibility index (Phi) is 45.1. The molecule has 0 heterocycles. The van der Waals surface area contributed by atoms with Gasteiger partial charge in [0.15, 0.2) is 6.04 Å². The molecule has 0 rings (SSSR count). The van der Waals surface area contributed by atoms with Gasteiger partial charge in [0.1, 0.15) is 12.7 Å². The number of hydrogen-bond acceptors (Lipinski definition) is 8. The average Bonchev–Trinajstić information content (AvgIpc) is 3.27. The highest BCUT2D eigenvalue weighted by Crippen LogP contribution is 2.43. The lowest BCUT2D eigenvalue weighted by atomic mass is 10.0. The maximum Gasteiger partial charge on any atom is 0.472 e. The second kappa shape index (κ2) is 47.0. The van der Waals surface area contributed by atoms with Crippen LogP contribution in [0.4, 0.5) is 0 Å². The lowest BCUT2D eigenvalue weighted by Crippen LogP contribution is -2.43. The van der Waals surface area contributed by atoms with Gasteiger partial charge in [-0.3, -0.25) is 18.6 Å². The fraction of sp³-hybridized carbons (Fsp3) is 0.788. The van der Waals surface area contributed by atoms with Crippen LogP contribution in [-0.4, -0.2) is 64.9 Å². The van der Waals surface area contributed by atoms with Crippen LogP contribution in [-0.2, 0) is 32.7 Å². The number of phosphoric acid groups is 1. The predicted molar refractivity (Wildman–Crippen MR) is 263 cm³/mol. The van der Waals surface area contributed by atoms with Gasteiger partial charge in [-0.1, -0.05) is 191 Å². The fourth-order valence-corrected chi connectivity index (χ4v) is 7.85. The first-order valence-corrected chi connectivity index (χ1v) is 27.2. The number of amides is 1. The number of nitrogens with one attached hydrogen (secondary N) is 1. The first kappa shape index (κ1) is 61.4. The second-order valence-electron chi connectivity index (χ2n) is 17.4. The van der Waals surface area contributed by atoms with E-state index in [0.29, 0.717) is 12.8 Å². The zero-order chi connectivity index (χ0) is 47.0. The molecule has 372 valence electrons. The normalized spacial score (nSPS) is 13.9. The maximum absolute atomic E-state index is 12.4. The molecule has 0 aromatic rings. The van der Waals surface area contributed by atoms with Crippen molar-refractivity contribution in [2.24, 2.45) is 0 Å². The van der Waals surface area contributed by atoms with Crippen molar-refractivity contribution < 1.29 is 47.8 Å². The summed E-state index contributed by atoms with van der Waals surface area (Å²) in [5.41, 5.74) is 0. The lowest BCUT2D eigenvalue weighted by molar-refractivity contribution is -0.147. The van der Waals surface area contributed by atoms with Crippen molar-refractivity contribution in [1.82, 2.24) is 5.32 Å². The number of hydrogen-bond donors (Lipinski definition) is 4. The molecule has 3 unspecified atom stereocenters. The van der Waals surface area contributed by atoms with E-state index in [0.717, 1.165) is 70.6 Å². The number of esters is 1. The number of rotatable bonds is 48. The summed E-state index contributed by atoms with van der Waals surface area (Å²) < 4.78 is 26.9. The molecule has 0 aliphatic rings. The van der Waals surface area contributed by atoms with E-state index >= 15 is 0 Å². The van der Waals surface area contributed by atoms with E-state index in [4.69, 9.17) is 13.8 Å². The molecule has 0 saturated heterocycles. The Hall–Kier alpha value is -2.56. The Labute approximate surface area is 390 Å². The van der Waals surface area contributed by atoms with Crippen molar-refractivity contribution in [3.63, 3.8) is 0 Å². The van der Waals surface area contributed by atoms with Gasteiger partial charge in [-0.2, -0.15) is 0 Å². The van der Waals surface area contributed by atoms with Crippen molar-refractivity contribution in [3.05, 3.63) is 48.6 Å². The number of carboxylic acid groups (broad SMARTS) is 1. The smallest absolute Gasteiger partial charge is 0.472 e. The Morgan fingerprint density at radius 3 is 1.33 bits per heavy atom. The summed E-state index contributed by atoms with van der Waals surface area (Å²) in [5, 5.41) is 21.9. The topological polar surface area (TPSA) is 169 Å². The number of aliphatic hydroxyl groups excluding tert-OH is 1. The molecule has 12 heteroatoms. The van der Waals surface area contributed by atoms with Gasteiger partial charge in [0, 0.05) is 12.8 Å². The van der Waals surface area contributed by atoms with E-state index in [-0.39, 0.29) is 12.8 Å².